The Balaban J connectivity index is 2.95. The second kappa shape index (κ2) is 17.6. The number of aromatic hydroxyl groups is 1. The summed E-state index contributed by atoms with van der Waals surface area (Å²) in [7, 11) is 0. The quantitative estimate of drug-likeness (QED) is 0.128. The topological polar surface area (TPSA) is 197 Å². The zero-order valence-electron chi connectivity index (χ0n) is 22.4. The number of carbonyl (C=O) groups excluding carboxylic acids is 3. The van der Waals surface area contributed by atoms with Crippen molar-refractivity contribution in [2.75, 3.05) is 18.6 Å². The fourth-order valence-electron chi connectivity index (χ4n) is 3.76. The highest BCUT2D eigenvalue weighted by Crippen LogP contribution is 2.12. The lowest BCUT2D eigenvalue weighted by atomic mass is 10.0. The maximum absolute atomic E-state index is 13.3. The van der Waals surface area contributed by atoms with E-state index in [9.17, 15) is 29.4 Å². The number of hydrogen-bond donors (Lipinski definition) is 7. The van der Waals surface area contributed by atoms with Crippen LogP contribution in [-0.2, 0) is 25.6 Å². The van der Waals surface area contributed by atoms with Crippen LogP contribution in [0.5, 0.6) is 5.75 Å². The maximum Gasteiger partial charge on any atom is 0.326 e. The molecule has 12 heteroatoms. The van der Waals surface area contributed by atoms with Crippen molar-refractivity contribution in [2.24, 2.45) is 17.4 Å². The molecule has 0 heterocycles. The largest absolute Gasteiger partial charge is 0.508 e. The second-order valence-corrected chi connectivity index (χ2v) is 10.7. The van der Waals surface area contributed by atoms with Gasteiger partial charge < -0.3 is 37.6 Å². The molecule has 1 aromatic rings. The fourth-order valence-corrected chi connectivity index (χ4v) is 4.23. The maximum atomic E-state index is 13.3. The lowest BCUT2D eigenvalue weighted by molar-refractivity contribution is -0.142. The van der Waals surface area contributed by atoms with E-state index in [4.69, 9.17) is 11.5 Å². The Bertz CT molecular complexity index is 899. The summed E-state index contributed by atoms with van der Waals surface area (Å²) in [5, 5.41) is 26.9. The summed E-state index contributed by atoms with van der Waals surface area (Å²) in [6.07, 6.45) is 4.06. The molecule has 4 atom stereocenters. The Morgan fingerprint density at radius 1 is 0.895 bits per heavy atom. The Morgan fingerprint density at radius 2 is 1.47 bits per heavy atom. The Kier molecular flexibility index (Phi) is 15.4. The summed E-state index contributed by atoms with van der Waals surface area (Å²) in [5.74, 6) is -2.11. The molecule has 11 nitrogen and oxygen atoms in total. The number of phenolic OH excluding ortho intramolecular Hbond substituents is 1. The fraction of sp³-hybridized carbons (Fsp3) is 0.615. The van der Waals surface area contributed by atoms with Crippen LogP contribution in [0.2, 0.25) is 0 Å². The molecule has 0 aromatic heterocycles. The third-order valence-electron chi connectivity index (χ3n) is 5.87. The number of nitrogens with two attached hydrogens (primary N) is 2. The van der Waals surface area contributed by atoms with E-state index < -0.39 is 47.9 Å². The average molecular weight is 554 g/mol. The molecule has 0 saturated heterocycles. The second-order valence-electron chi connectivity index (χ2n) is 9.69. The van der Waals surface area contributed by atoms with Gasteiger partial charge in [-0.3, -0.25) is 14.4 Å². The molecule has 0 aliphatic carbocycles. The lowest BCUT2D eigenvalue weighted by Gasteiger charge is -2.26. The van der Waals surface area contributed by atoms with Crippen LogP contribution >= 0.6 is 11.8 Å². The Hall–Kier alpha value is -2.83. The molecule has 0 saturated carbocycles. The lowest BCUT2D eigenvalue weighted by Crippen LogP contribution is -2.57. The van der Waals surface area contributed by atoms with Gasteiger partial charge in [-0.05, 0) is 80.7 Å². The highest BCUT2D eigenvalue weighted by molar-refractivity contribution is 7.98. The van der Waals surface area contributed by atoms with Crippen LogP contribution in [0.4, 0.5) is 0 Å². The molecule has 9 N–H and O–H groups in total. The number of aliphatic carboxylic acids is 1. The highest BCUT2D eigenvalue weighted by atomic mass is 32.2. The van der Waals surface area contributed by atoms with Crippen LogP contribution in [0.1, 0.15) is 51.5 Å². The van der Waals surface area contributed by atoms with E-state index in [-0.39, 0.29) is 30.9 Å². The summed E-state index contributed by atoms with van der Waals surface area (Å²) < 4.78 is 0. The first-order valence-corrected chi connectivity index (χ1v) is 14.2. The van der Waals surface area contributed by atoms with Crippen LogP contribution in [0.3, 0.4) is 0 Å². The molecule has 38 heavy (non-hydrogen) atoms. The van der Waals surface area contributed by atoms with Crippen LogP contribution in [-0.4, -0.2) is 76.6 Å². The molecule has 214 valence electrons. The van der Waals surface area contributed by atoms with Gasteiger partial charge in [0, 0.05) is 0 Å². The zero-order chi connectivity index (χ0) is 28.7. The van der Waals surface area contributed by atoms with E-state index >= 15 is 0 Å². The van der Waals surface area contributed by atoms with E-state index in [2.05, 4.69) is 16.0 Å². The Morgan fingerprint density at radius 3 is 2.03 bits per heavy atom. The van der Waals surface area contributed by atoms with Gasteiger partial charge >= 0.3 is 5.97 Å². The summed E-state index contributed by atoms with van der Waals surface area (Å²) in [6.45, 7) is 4.22. The van der Waals surface area contributed by atoms with Crippen LogP contribution in [0.25, 0.3) is 0 Å². The summed E-state index contributed by atoms with van der Waals surface area (Å²) in [6, 6.07) is 2.39. The molecule has 0 fully saturated rings. The van der Waals surface area contributed by atoms with E-state index in [1.165, 1.54) is 23.9 Å². The number of rotatable bonds is 18. The number of phenols is 1. The van der Waals surface area contributed by atoms with E-state index in [0.717, 1.165) is 5.56 Å². The van der Waals surface area contributed by atoms with Gasteiger partial charge in [-0.25, -0.2) is 4.79 Å². The van der Waals surface area contributed by atoms with Crippen LogP contribution < -0.4 is 27.4 Å². The first kappa shape index (κ1) is 33.2. The minimum absolute atomic E-state index is 0.0480. The number of nitrogens with one attached hydrogen (secondary N) is 3. The standard InChI is InChI=1S/C26H43N5O6S/c1-16(2)14-22(31-23(33)19(28)15-17-7-9-18(32)10-8-17)25(35)29-20(6-4-5-12-27)24(34)30-21(26(36)37)11-13-38-3/h7-10,16,19-22,32H,4-6,11-15,27-28H2,1-3H3,(H,29,35)(H,30,34)(H,31,33)(H,36,37). The number of thioether (sulfide) groups is 1. The van der Waals surface area contributed by atoms with Crippen molar-refractivity contribution in [2.45, 2.75) is 76.5 Å². The molecule has 0 spiro atoms. The highest BCUT2D eigenvalue weighted by Gasteiger charge is 2.30. The number of amides is 3. The molecule has 3 amide bonds. The molecule has 0 aliphatic rings. The molecule has 0 bridgehead atoms. The van der Waals surface area contributed by atoms with Crippen molar-refractivity contribution < 1.29 is 29.4 Å². The molecule has 0 aliphatic heterocycles. The smallest absolute Gasteiger partial charge is 0.326 e. The summed E-state index contributed by atoms with van der Waals surface area (Å²) >= 11 is 1.47. The normalized spacial score (nSPS) is 14.3. The van der Waals surface area contributed by atoms with E-state index in [1.807, 2.05) is 20.1 Å². The molecular weight excluding hydrogens is 510 g/mol. The number of carbonyl (C=O) groups is 4. The third kappa shape index (κ3) is 12.6. The third-order valence-corrected chi connectivity index (χ3v) is 6.52. The number of unbranched alkanes of at least 4 members (excludes halogenated alkanes) is 1. The molecule has 1 rings (SSSR count). The molecule has 4 unspecified atom stereocenters. The minimum atomic E-state index is -1.15. The van der Waals surface area contributed by atoms with E-state index in [1.54, 1.807) is 12.1 Å². The van der Waals surface area contributed by atoms with Gasteiger partial charge in [0.15, 0.2) is 0 Å². The molecule has 1 aromatic carbocycles. The van der Waals surface area contributed by atoms with Gasteiger partial charge in [-0.1, -0.05) is 26.0 Å². The average Bonchev–Trinajstić information content (AvgIpc) is 2.86. The zero-order valence-corrected chi connectivity index (χ0v) is 23.3. The van der Waals surface area contributed by atoms with Gasteiger partial charge in [-0.15, -0.1) is 0 Å². The number of hydrogen-bond acceptors (Lipinski definition) is 8. The Labute approximate surface area is 228 Å². The predicted molar refractivity (Wildman–Crippen MR) is 149 cm³/mol. The van der Waals surface area contributed by atoms with Crippen molar-refractivity contribution in [1.29, 1.82) is 0 Å². The number of benzene rings is 1. The number of carboxylic acids is 1. The predicted octanol–water partition coefficient (Wildman–Crippen LogP) is 0.729. The molecule has 0 radical (unpaired) electrons. The van der Waals surface area contributed by atoms with Gasteiger partial charge in [-0.2, -0.15) is 11.8 Å². The van der Waals surface area contributed by atoms with Crippen LogP contribution in [0.15, 0.2) is 24.3 Å². The van der Waals surface area contributed by atoms with Crippen molar-refractivity contribution in [3.63, 3.8) is 0 Å². The summed E-state index contributed by atoms with van der Waals surface area (Å²) in [4.78, 5) is 50.7. The number of carboxylic acid groups (broad SMARTS) is 1. The van der Waals surface area contributed by atoms with Gasteiger partial charge in [0.05, 0.1) is 6.04 Å². The van der Waals surface area contributed by atoms with Crippen molar-refractivity contribution >= 4 is 35.5 Å². The monoisotopic (exact) mass is 553 g/mol. The van der Waals surface area contributed by atoms with E-state index in [0.29, 0.717) is 31.6 Å². The molecular formula is C26H43N5O6S. The van der Waals surface area contributed by atoms with Gasteiger partial charge in [0.25, 0.3) is 0 Å². The SMILES string of the molecule is CSCCC(NC(=O)C(CCCCN)NC(=O)C(CC(C)C)NC(=O)C(N)Cc1ccc(O)cc1)C(=O)O. The van der Waals surface area contributed by atoms with Crippen LogP contribution in [0, 0.1) is 5.92 Å². The van der Waals surface area contributed by atoms with Crippen molar-refractivity contribution in [1.82, 2.24) is 16.0 Å². The first-order valence-electron chi connectivity index (χ1n) is 12.8. The van der Waals surface area contributed by atoms with Crippen molar-refractivity contribution in [3.8, 4) is 5.75 Å². The minimum Gasteiger partial charge on any atom is -0.508 e. The van der Waals surface area contributed by atoms with Gasteiger partial charge in [0.1, 0.15) is 23.9 Å². The first-order chi connectivity index (χ1) is 18.0. The van der Waals surface area contributed by atoms with Gasteiger partial charge in [0.2, 0.25) is 17.7 Å². The van der Waals surface area contributed by atoms with Crippen molar-refractivity contribution in [3.05, 3.63) is 29.8 Å². The summed E-state index contributed by atoms with van der Waals surface area (Å²) in [5.41, 5.74) is 12.4.